The number of rotatable bonds is 3. The third-order valence-corrected chi connectivity index (χ3v) is 1.62. The molecule has 1 rings (SSSR count). The summed E-state index contributed by atoms with van der Waals surface area (Å²) in [5, 5.41) is 8.52. The van der Waals surface area contributed by atoms with Crippen LogP contribution in [0.4, 0.5) is 0 Å². The van der Waals surface area contributed by atoms with E-state index in [1.54, 1.807) is 0 Å². The maximum absolute atomic E-state index is 10.4. The van der Waals surface area contributed by atoms with Crippen LogP contribution in [0.3, 0.4) is 0 Å². The number of carbonyl (C=O) groups is 1. The van der Waals surface area contributed by atoms with Crippen molar-refractivity contribution in [3.05, 3.63) is 35.9 Å². The second-order valence-electron chi connectivity index (χ2n) is 2.63. The van der Waals surface area contributed by atoms with E-state index in [0.717, 1.165) is 5.56 Å². The van der Waals surface area contributed by atoms with E-state index in [0.29, 0.717) is 6.42 Å². The Morgan fingerprint density at radius 2 is 1.92 bits per heavy atom. The summed E-state index contributed by atoms with van der Waals surface area (Å²) in [6.07, 6.45) is 0.385. The lowest BCUT2D eigenvalue weighted by molar-refractivity contribution is -0.138. The van der Waals surface area contributed by atoms with E-state index in [1.807, 2.05) is 30.3 Å². The highest BCUT2D eigenvalue weighted by Crippen LogP contribution is 2.01. The Bertz CT molecular complexity index is 264. The van der Waals surface area contributed by atoms with Gasteiger partial charge >= 0.3 is 5.97 Å². The zero-order valence-electron chi connectivity index (χ0n) is 6.60. The summed E-state index contributed by atoms with van der Waals surface area (Å²) < 4.78 is 0. The van der Waals surface area contributed by atoms with E-state index >= 15 is 0 Å². The Balaban J connectivity index is 0.00000144. The summed E-state index contributed by atoms with van der Waals surface area (Å²) in [6.45, 7) is 0. The SMILES string of the molecule is NC(Cc1ccccc1)C(=O)O.[SiH4]. The van der Waals surface area contributed by atoms with Gasteiger partial charge in [0, 0.05) is 0 Å². The molecule has 1 aromatic carbocycles. The third kappa shape index (κ3) is 3.87. The van der Waals surface area contributed by atoms with E-state index in [4.69, 9.17) is 10.8 Å². The molecule has 0 fully saturated rings. The topological polar surface area (TPSA) is 63.3 Å². The van der Waals surface area contributed by atoms with Gasteiger partial charge in [-0.25, -0.2) is 0 Å². The zero-order chi connectivity index (χ0) is 8.97. The first-order valence-corrected chi connectivity index (χ1v) is 3.72. The van der Waals surface area contributed by atoms with Crippen LogP contribution >= 0.6 is 0 Å². The highest BCUT2D eigenvalue weighted by Gasteiger charge is 2.10. The molecule has 4 heteroatoms. The number of hydrogen-bond donors (Lipinski definition) is 2. The lowest BCUT2D eigenvalue weighted by Crippen LogP contribution is -2.32. The van der Waals surface area contributed by atoms with Gasteiger partial charge < -0.3 is 10.8 Å². The molecule has 0 amide bonds. The quantitative estimate of drug-likeness (QED) is 0.623. The van der Waals surface area contributed by atoms with Crippen molar-refractivity contribution >= 4 is 16.9 Å². The van der Waals surface area contributed by atoms with Crippen LogP contribution in [-0.4, -0.2) is 28.1 Å². The first-order chi connectivity index (χ1) is 5.70. The molecule has 1 unspecified atom stereocenters. The van der Waals surface area contributed by atoms with Crippen molar-refractivity contribution in [2.75, 3.05) is 0 Å². The molecule has 1 aromatic rings. The molecule has 0 saturated carbocycles. The van der Waals surface area contributed by atoms with Crippen molar-refractivity contribution < 1.29 is 9.90 Å². The van der Waals surface area contributed by atoms with Gasteiger partial charge in [-0.3, -0.25) is 4.79 Å². The Morgan fingerprint density at radius 3 is 2.38 bits per heavy atom. The number of carboxylic acid groups (broad SMARTS) is 1. The Labute approximate surface area is 81.6 Å². The summed E-state index contributed by atoms with van der Waals surface area (Å²) in [6, 6.07) is 8.54. The van der Waals surface area contributed by atoms with E-state index in [1.165, 1.54) is 0 Å². The standard InChI is InChI=1S/C9H11NO2.H4Si/c10-8(9(11)12)6-7-4-2-1-3-5-7;/h1-5,8H,6,10H2,(H,11,12);1H4. The first-order valence-electron chi connectivity index (χ1n) is 3.72. The minimum atomic E-state index is -0.959. The van der Waals surface area contributed by atoms with Crippen LogP contribution < -0.4 is 5.73 Å². The molecule has 3 nitrogen and oxygen atoms in total. The van der Waals surface area contributed by atoms with Crippen molar-refractivity contribution in [2.24, 2.45) is 5.73 Å². The largest absolute Gasteiger partial charge is 0.480 e. The fourth-order valence-electron chi connectivity index (χ4n) is 0.955. The minimum Gasteiger partial charge on any atom is -0.480 e. The number of carboxylic acids is 1. The average Bonchev–Trinajstić information content (AvgIpc) is 2.06. The molecule has 13 heavy (non-hydrogen) atoms. The molecule has 0 heterocycles. The molecule has 0 radical (unpaired) electrons. The van der Waals surface area contributed by atoms with Gasteiger partial charge in [0.05, 0.1) is 0 Å². The second kappa shape index (κ2) is 5.50. The fraction of sp³-hybridized carbons (Fsp3) is 0.222. The van der Waals surface area contributed by atoms with E-state index in [9.17, 15) is 4.79 Å². The average molecular weight is 197 g/mol. The van der Waals surface area contributed by atoms with Gasteiger partial charge in [-0.2, -0.15) is 0 Å². The van der Waals surface area contributed by atoms with E-state index in [2.05, 4.69) is 0 Å². The van der Waals surface area contributed by atoms with Crippen LogP contribution in [0.2, 0.25) is 0 Å². The Hall–Kier alpha value is -1.13. The van der Waals surface area contributed by atoms with Gasteiger partial charge in [-0.05, 0) is 22.9 Å². The fourth-order valence-corrected chi connectivity index (χ4v) is 0.955. The van der Waals surface area contributed by atoms with Crippen molar-refractivity contribution in [3.8, 4) is 0 Å². The molecule has 0 saturated heterocycles. The van der Waals surface area contributed by atoms with Crippen LogP contribution in [0.25, 0.3) is 0 Å². The number of benzene rings is 1. The summed E-state index contributed by atoms with van der Waals surface area (Å²) in [4.78, 5) is 10.4. The maximum atomic E-state index is 10.4. The highest BCUT2D eigenvalue weighted by molar-refractivity contribution is 5.75. The van der Waals surface area contributed by atoms with Gasteiger partial charge in [0.25, 0.3) is 0 Å². The normalized spacial score (nSPS) is 11.5. The van der Waals surface area contributed by atoms with Crippen LogP contribution in [-0.2, 0) is 11.2 Å². The molecule has 1 atom stereocenters. The predicted octanol–water partition coefficient (Wildman–Crippen LogP) is -0.811. The molecule has 0 spiro atoms. The molecule has 3 N–H and O–H groups in total. The number of hydrogen-bond acceptors (Lipinski definition) is 2. The molecule has 0 aliphatic rings. The summed E-state index contributed by atoms with van der Waals surface area (Å²) in [7, 11) is 0. The highest BCUT2D eigenvalue weighted by atomic mass is 28.1. The molecular weight excluding hydrogens is 182 g/mol. The van der Waals surface area contributed by atoms with Crippen LogP contribution in [0, 0.1) is 0 Å². The Kier molecular flexibility index (Phi) is 5.02. The van der Waals surface area contributed by atoms with Crippen molar-refractivity contribution in [3.63, 3.8) is 0 Å². The van der Waals surface area contributed by atoms with Gasteiger partial charge in [-0.15, -0.1) is 0 Å². The molecule has 0 aromatic heterocycles. The van der Waals surface area contributed by atoms with E-state index in [-0.39, 0.29) is 11.0 Å². The maximum Gasteiger partial charge on any atom is 0.320 e. The molecule has 0 aliphatic heterocycles. The molecular formula is C9H15NO2Si. The third-order valence-electron chi connectivity index (χ3n) is 1.62. The summed E-state index contributed by atoms with van der Waals surface area (Å²) in [5.41, 5.74) is 6.30. The van der Waals surface area contributed by atoms with E-state index < -0.39 is 12.0 Å². The lowest BCUT2D eigenvalue weighted by Gasteiger charge is -2.04. The van der Waals surface area contributed by atoms with Crippen molar-refractivity contribution in [1.29, 1.82) is 0 Å². The van der Waals surface area contributed by atoms with Gasteiger partial charge in [0.15, 0.2) is 0 Å². The second-order valence-corrected chi connectivity index (χ2v) is 2.63. The first kappa shape index (κ1) is 11.9. The minimum absolute atomic E-state index is 0. The smallest absolute Gasteiger partial charge is 0.320 e. The number of aliphatic carboxylic acids is 1. The molecule has 0 aliphatic carbocycles. The zero-order valence-corrected chi connectivity index (χ0v) is 6.60. The van der Waals surface area contributed by atoms with Crippen molar-refractivity contribution in [2.45, 2.75) is 12.5 Å². The molecule has 72 valence electrons. The lowest BCUT2D eigenvalue weighted by atomic mass is 10.1. The van der Waals surface area contributed by atoms with Crippen LogP contribution in [0.15, 0.2) is 30.3 Å². The number of nitrogens with two attached hydrogens (primary N) is 1. The van der Waals surface area contributed by atoms with Crippen LogP contribution in [0.5, 0.6) is 0 Å². The molecule has 0 bridgehead atoms. The predicted molar refractivity (Wildman–Crippen MR) is 57.1 cm³/mol. The van der Waals surface area contributed by atoms with Gasteiger partial charge in [0.2, 0.25) is 0 Å². The van der Waals surface area contributed by atoms with Crippen LogP contribution in [0.1, 0.15) is 5.56 Å². The summed E-state index contributed by atoms with van der Waals surface area (Å²) >= 11 is 0. The Morgan fingerprint density at radius 1 is 1.38 bits per heavy atom. The van der Waals surface area contributed by atoms with Crippen molar-refractivity contribution in [1.82, 2.24) is 0 Å². The van der Waals surface area contributed by atoms with Gasteiger partial charge in [-0.1, -0.05) is 30.3 Å². The van der Waals surface area contributed by atoms with Gasteiger partial charge in [0.1, 0.15) is 6.04 Å². The monoisotopic (exact) mass is 197 g/mol. The summed E-state index contributed by atoms with van der Waals surface area (Å²) in [5.74, 6) is -0.959.